The van der Waals surface area contributed by atoms with Gasteiger partial charge in [0.05, 0.1) is 16.2 Å². The fraction of sp³-hybridized carbons (Fsp3) is 0.188. The highest BCUT2D eigenvalue weighted by atomic mass is 32.2. The summed E-state index contributed by atoms with van der Waals surface area (Å²) in [7, 11) is -3.24. The van der Waals surface area contributed by atoms with Crippen LogP contribution in [0.1, 0.15) is 11.1 Å². The molecule has 0 saturated carbocycles. The Morgan fingerprint density at radius 1 is 1.04 bits per heavy atom. The molecule has 1 amide bonds. The van der Waals surface area contributed by atoms with Crippen molar-refractivity contribution in [1.29, 1.82) is 0 Å². The van der Waals surface area contributed by atoms with Gasteiger partial charge in [-0.15, -0.1) is 0 Å². The summed E-state index contributed by atoms with van der Waals surface area (Å²) in [4.78, 5) is 22.2. The van der Waals surface area contributed by atoms with E-state index in [1.807, 2.05) is 0 Å². The molecular formula is C16H16N2O5S. The van der Waals surface area contributed by atoms with Crippen LogP contribution in [0.2, 0.25) is 0 Å². The minimum Gasteiger partial charge on any atom is -0.352 e. The number of hydrogen-bond donors (Lipinski definition) is 1. The van der Waals surface area contributed by atoms with Gasteiger partial charge in [0.25, 0.3) is 5.69 Å². The van der Waals surface area contributed by atoms with Gasteiger partial charge in [-0.1, -0.05) is 24.3 Å². The Labute approximate surface area is 139 Å². The van der Waals surface area contributed by atoms with Crippen molar-refractivity contribution in [2.75, 3.05) is 6.26 Å². The SMILES string of the molecule is CS(=O)(=O)c1ccc(CNC(=O)Cc2ccc([N+](=O)[O-])cc2)cc1. The van der Waals surface area contributed by atoms with Crippen LogP contribution in [0, 0.1) is 10.1 Å². The van der Waals surface area contributed by atoms with Crippen molar-refractivity contribution in [3.8, 4) is 0 Å². The third-order valence-corrected chi connectivity index (χ3v) is 4.48. The number of nitro groups is 1. The molecule has 1 N–H and O–H groups in total. The van der Waals surface area contributed by atoms with Crippen molar-refractivity contribution in [1.82, 2.24) is 5.32 Å². The molecule has 0 saturated heterocycles. The number of nitro benzene ring substituents is 1. The van der Waals surface area contributed by atoms with Crippen molar-refractivity contribution >= 4 is 21.4 Å². The number of sulfone groups is 1. The van der Waals surface area contributed by atoms with Crippen molar-refractivity contribution in [2.24, 2.45) is 0 Å². The fourth-order valence-corrected chi connectivity index (χ4v) is 2.67. The van der Waals surface area contributed by atoms with Crippen LogP contribution in [0.5, 0.6) is 0 Å². The Bertz CT molecular complexity index is 843. The van der Waals surface area contributed by atoms with Gasteiger partial charge < -0.3 is 5.32 Å². The van der Waals surface area contributed by atoms with Gasteiger partial charge in [-0.3, -0.25) is 14.9 Å². The maximum atomic E-state index is 11.9. The van der Waals surface area contributed by atoms with Gasteiger partial charge in [0, 0.05) is 24.9 Å². The molecule has 0 bridgehead atoms. The molecule has 7 nitrogen and oxygen atoms in total. The molecule has 0 aromatic heterocycles. The second kappa shape index (κ2) is 7.22. The minimum atomic E-state index is -3.24. The molecule has 24 heavy (non-hydrogen) atoms. The van der Waals surface area contributed by atoms with E-state index in [4.69, 9.17) is 0 Å². The molecule has 0 radical (unpaired) electrons. The van der Waals surface area contributed by atoms with Gasteiger partial charge in [-0.2, -0.15) is 0 Å². The third-order valence-electron chi connectivity index (χ3n) is 3.35. The molecule has 2 aromatic carbocycles. The number of amides is 1. The van der Waals surface area contributed by atoms with Crippen molar-refractivity contribution < 1.29 is 18.1 Å². The molecule has 2 rings (SSSR count). The van der Waals surface area contributed by atoms with Crippen molar-refractivity contribution in [3.05, 3.63) is 69.8 Å². The number of rotatable bonds is 6. The normalized spacial score (nSPS) is 11.0. The molecule has 8 heteroatoms. The van der Waals surface area contributed by atoms with Crippen LogP contribution >= 0.6 is 0 Å². The zero-order valence-electron chi connectivity index (χ0n) is 12.9. The van der Waals surface area contributed by atoms with Crippen LogP contribution < -0.4 is 5.32 Å². The highest BCUT2D eigenvalue weighted by molar-refractivity contribution is 7.90. The zero-order valence-corrected chi connectivity index (χ0v) is 13.7. The second-order valence-corrected chi connectivity index (χ2v) is 7.31. The lowest BCUT2D eigenvalue weighted by Crippen LogP contribution is -2.24. The number of benzene rings is 2. The summed E-state index contributed by atoms with van der Waals surface area (Å²) in [5.41, 5.74) is 1.43. The van der Waals surface area contributed by atoms with E-state index >= 15 is 0 Å². The highest BCUT2D eigenvalue weighted by Gasteiger charge is 2.08. The molecule has 2 aromatic rings. The molecule has 0 atom stereocenters. The van der Waals surface area contributed by atoms with Gasteiger partial charge in [0.2, 0.25) is 5.91 Å². The Hall–Kier alpha value is -2.74. The fourth-order valence-electron chi connectivity index (χ4n) is 2.04. The summed E-state index contributed by atoms with van der Waals surface area (Å²) in [6.07, 6.45) is 1.24. The van der Waals surface area contributed by atoms with Gasteiger partial charge in [-0.05, 0) is 23.3 Å². The number of carbonyl (C=O) groups is 1. The van der Waals surface area contributed by atoms with Crippen LogP contribution in [-0.2, 0) is 27.6 Å². The first kappa shape index (κ1) is 17.6. The molecule has 0 heterocycles. The zero-order chi connectivity index (χ0) is 17.7. The Morgan fingerprint density at radius 2 is 1.58 bits per heavy atom. The van der Waals surface area contributed by atoms with Crippen LogP contribution in [0.25, 0.3) is 0 Å². The highest BCUT2D eigenvalue weighted by Crippen LogP contribution is 2.13. The summed E-state index contributed by atoms with van der Waals surface area (Å²) in [6.45, 7) is 0.274. The molecular weight excluding hydrogens is 332 g/mol. The lowest BCUT2D eigenvalue weighted by molar-refractivity contribution is -0.384. The summed E-state index contributed by atoms with van der Waals surface area (Å²) < 4.78 is 22.7. The van der Waals surface area contributed by atoms with E-state index in [-0.39, 0.29) is 29.5 Å². The number of carbonyl (C=O) groups excluding carboxylic acids is 1. The third kappa shape index (κ3) is 4.88. The van der Waals surface area contributed by atoms with Gasteiger partial charge in [-0.25, -0.2) is 8.42 Å². The first-order chi connectivity index (χ1) is 11.3. The molecule has 0 aliphatic carbocycles. The van der Waals surface area contributed by atoms with E-state index < -0.39 is 14.8 Å². The van der Waals surface area contributed by atoms with E-state index in [0.717, 1.165) is 11.8 Å². The average molecular weight is 348 g/mol. The largest absolute Gasteiger partial charge is 0.352 e. The first-order valence-electron chi connectivity index (χ1n) is 7.05. The number of non-ortho nitro benzene ring substituents is 1. The first-order valence-corrected chi connectivity index (χ1v) is 8.94. The summed E-state index contributed by atoms with van der Waals surface area (Å²) >= 11 is 0. The van der Waals surface area contributed by atoms with Crippen molar-refractivity contribution in [2.45, 2.75) is 17.9 Å². The summed E-state index contributed by atoms with van der Waals surface area (Å²) in [6, 6.07) is 12.1. The van der Waals surface area contributed by atoms with Crippen molar-refractivity contribution in [3.63, 3.8) is 0 Å². The Morgan fingerprint density at radius 3 is 2.08 bits per heavy atom. The maximum Gasteiger partial charge on any atom is 0.269 e. The summed E-state index contributed by atoms with van der Waals surface area (Å²) in [5.74, 6) is -0.226. The Kier molecular flexibility index (Phi) is 5.30. The van der Waals surface area contributed by atoms with Crippen LogP contribution in [-0.4, -0.2) is 25.5 Å². The maximum absolute atomic E-state index is 11.9. The molecule has 0 fully saturated rings. The number of nitrogens with one attached hydrogen (secondary N) is 1. The average Bonchev–Trinajstić information content (AvgIpc) is 2.53. The molecule has 0 unspecified atom stereocenters. The van der Waals surface area contributed by atoms with Crippen LogP contribution in [0.4, 0.5) is 5.69 Å². The predicted octanol–water partition coefficient (Wildman–Crippen LogP) is 1.86. The van der Waals surface area contributed by atoms with E-state index in [2.05, 4.69) is 5.32 Å². The quantitative estimate of drug-likeness (QED) is 0.633. The minimum absolute atomic E-state index is 0.0230. The number of hydrogen-bond acceptors (Lipinski definition) is 5. The second-order valence-electron chi connectivity index (χ2n) is 5.29. The van der Waals surface area contributed by atoms with E-state index in [9.17, 15) is 23.3 Å². The van der Waals surface area contributed by atoms with Gasteiger partial charge in [0.1, 0.15) is 0 Å². The van der Waals surface area contributed by atoms with E-state index in [1.54, 1.807) is 24.3 Å². The Balaban J connectivity index is 1.90. The molecule has 0 aliphatic rings. The standard InChI is InChI=1S/C16H16N2O5S/c1-24(22,23)15-8-4-13(5-9-15)11-17-16(19)10-12-2-6-14(7-3-12)18(20)21/h2-9H,10-11H2,1H3,(H,17,19). The van der Waals surface area contributed by atoms with Gasteiger partial charge >= 0.3 is 0 Å². The van der Waals surface area contributed by atoms with E-state index in [0.29, 0.717) is 5.56 Å². The number of nitrogens with zero attached hydrogens (tertiary/aromatic N) is 1. The molecule has 126 valence electrons. The molecule has 0 aliphatic heterocycles. The topological polar surface area (TPSA) is 106 Å². The molecule has 0 spiro atoms. The summed E-state index contributed by atoms with van der Waals surface area (Å²) in [5, 5.41) is 13.3. The lowest BCUT2D eigenvalue weighted by Gasteiger charge is -2.06. The monoisotopic (exact) mass is 348 g/mol. The van der Waals surface area contributed by atoms with E-state index in [1.165, 1.54) is 24.3 Å². The lowest BCUT2D eigenvalue weighted by atomic mass is 10.1. The van der Waals surface area contributed by atoms with Crippen LogP contribution in [0.3, 0.4) is 0 Å². The van der Waals surface area contributed by atoms with Crippen LogP contribution in [0.15, 0.2) is 53.4 Å². The predicted molar refractivity (Wildman–Crippen MR) is 88.2 cm³/mol. The smallest absolute Gasteiger partial charge is 0.269 e. The van der Waals surface area contributed by atoms with Gasteiger partial charge in [0.15, 0.2) is 9.84 Å².